The quantitative estimate of drug-likeness (QED) is 0.611. The molecule has 1 aliphatic rings. The van der Waals surface area contributed by atoms with Gasteiger partial charge in [0.2, 0.25) is 0 Å². The molecule has 25 heavy (non-hydrogen) atoms. The van der Waals surface area contributed by atoms with Gasteiger partial charge in [-0.3, -0.25) is 0 Å². The molecule has 1 aromatic carbocycles. The van der Waals surface area contributed by atoms with Gasteiger partial charge in [0.1, 0.15) is 11.5 Å². The van der Waals surface area contributed by atoms with Crippen molar-refractivity contribution in [1.29, 1.82) is 0 Å². The highest BCUT2D eigenvalue weighted by Gasteiger charge is 2.30. The van der Waals surface area contributed by atoms with Crippen molar-refractivity contribution in [3.8, 4) is 11.5 Å². The van der Waals surface area contributed by atoms with Crippen LogP contribution in [0.15, 0.2) is 35.9 Å². The Morgan fingerprint density at radius 3 is 2.40 bits per heavy atom. The predicted molar refractivity (Wildman–Crippen MR) is 112 cm³/mol. The summed E-state index contributed by atoms with van der Waals surface area (Å²) in [5, 5.41) is 21.6. The summed E-state index contributed by atoms with van der Waals surface area (Å²) in [6.45, 7) is 10.5. The number of benzene rings is 1. The maximum absolute atomic E-state index is 10.7. The summed E-state index contributed by atoms with van der Waals surface area (Å²) < 4.78 is 0. The summed E-state index contributed by atoms with van der Waals surface area (Å²) in [4.78, 5) is 0. The molecule has 0 bridgehead atoms. The van der Waals surface area contributed by atoms with Gasteiger partial charge >= 0.3 is 0 Å². The monoisotopic (exact) mass is 338 g/mol. The minimum Gasteiger partial charge on any atom is -0.507 e. The van der Waals surface area contributed by atoms with Crippen LogP contribution in [0.5, 0.6) is 11.5 Å². The van der Waals surface area contributed by atoms with E-state index in [4.69, 9.17) is 0 Å². The number of allylic oxidation sites excluding steroid dienone is 3. The molecule has 0 fully saturated rings. The van der Waals surface area contributed by atoms with E-state index in [1.54, 1.807) is 0 Å². The molecule has 1 aliphatic carbocycles. The second-order valence-electron chi connectivity index (χ2n) is 8.67. The molecule has 0 saturated heterocycles. The first-order valence-corrected chi connectivity index (χ1v) is 9.52. The SMILES string of the molecule is BC(B)(CCC)Cc1cc(O)c(C2C=C(C)CCC2C(=C)C)c(O)c1. The van der Waals surface area contributed by atoms with Crippen LogP contribution in [-0.2, 0) is 6.42 Å². The lowest BCUT2D eigenvalue weighted by Gasteiger charge is -2.32. The number of phenols is 2. The standard InChI is InChI=1S/C21H32B2O2/c1-5-8-21(22,23)12-15-10-18(24)20(19(25)11-15)17-9-14(4)6-7-16(17)13(2)3/h9-11,16-17,24-25H,2,5-8,12,22-23H2,1,3-4H3. The molecule has 2 N–H and O–H groups in total. The highest BCUT2D eigenvalue weighted by atomic mass is 16.3. The van der Waals surface area contributed by atoms with Gasteiger partial charge in [0.15, 0.2) is 0 Å². The highest BCUT2D eigenvalue weighted by Crippen LogP contribution is 2.47. The molecule has 0 amide bonds. The van der Waals surface area contributed by atoms with Crippen molar-refractivity contribution in [3.05, 3.63) is 47.1 Å². The number of rotatable bonds is 6. The molecule has 2 unspecified atom stereocenters. The minimum atomic E-state index is 0.00366. The summed E-state index contributed by atoms with van der Waals surface area (Å²) in [7, 11) is 4.48. The summed E-state index contributed by atoms with van der Waals surface area (Å²) in [6.07, 6.45) is 7.38. The first-order valence-electron chi connectivity index (χ1n) is 9.52. The molecule has 2 nitrogen and oxygen atoms in total. The predicted octanol–water partition coefficient (Wildman–Crippen LogP) is 3.84. The van der Waals surface area contributed by atoms with Crippen molar-refractivity contribution in [2.75, 3.05) is 0 Å². The van der Waals surface area contributed by atoms with E-state index in [-0.39, 0.29) is 28.5 Å². The molecule has 0 radical (unpaired) electrons. The second kappa shape index (κ2) is 7.76. The lowest BCUT2D eigenvalue weighted by atomic mass is 9.50. The summed E-state index contributed by atoms with van der Waals surface area (Å²) in [5.41, 5.74) is 4.08. The van der Waals surface area contributed by atoms with Gasteiger partial charge in [-0.2, -0.15) is 0 Å². The van der Waals surface area contributed by atoms with Gasteiger partial charge in [0.25, 0.3) is 0 Å². The van der Waals surface area contributed by atoms with E-state index < -0.39 is 0 Å². The first kappa shape index (κ1) is 19.8. The van der Waals surface area contributed by atoms with Crippen molar-refractivity contribution in [2.24, 2.45) is 5.92 Å². The van der Waals surface area contributed by atoms with E-state index >= 15 is 0 Å². The highest BCUT2D eigenvalue weighted by molar-refractivity contribution is 6.39. The Balaban J connectivity index is 2.39. The van der Waals surface area contributed by atoms with Crippen LogP contribution in [0.3, 0.4) is 0 Å². The third kappa shape index (κ3) is 4.74. The second-order valence-corrected chi connectivity index (χ2v) is 8.67. The molecular formula is C21H32B2O2. The van der Waals surface area contributed by atoms with Gasteiger partial charge in [-0.05, 0) is 56.7 Å². The zero-order valence-corrected chi connectivity index (χ0v) is 16.5. The average molecular weight is 338 g/mol. The summed E-state index contributed by atoms with van der Waals surface area (Å²) >= 11 is 0. The van der Waals surface area contributed by atoms with E-state index in [2.05, 4.69) is 42.2 Å². The van der Waals surface area contributed by atoms with Gasteiger partial charge < -0.3 is 10.2 Å². The largest absolute Gasteiger partial charge is 0.507 e. The Bertz CT molecular complexity index is 653. The van der Waals surface area contributed by atoms with E-state index in [0.717, 1.165) is 43.2 Å². The molecule has 0 saturated carbocycles. The van der Waals surface area contributed by atoms with Gasteiger partial charge in [-0.25, -0.2) is 0 Å². The Kier molecular flexibility index (Phi) is 6.13. The summed E-state index contributed by atoms with van der Waals surface area (Å²) in [5.74, 6) is 0.695. The van der Waals surface area contributed by atoms with Crippen LogP contribution in [0.25, 0.3) is 0 Å². The Hall–Kier alpha value is -1.57. The van der Waals surface area contributed by atoms with Crippen molar-refractivity contribution < 1.29 is 10.2 Å². The van der Waals surface area contributed by atoms with Gasteiger partial charge in [0, 0.05) is 11.5 Å². The molecule has 0 heterocycles. The van der Waals surface area contributed by atoms with Crippen LogP contribution >= 0.6 is 0 Å². The minimum absolute atomic E-state index is 0.00366. The molecule has 2 rings (SSSR count). The van der Waals surface area contributed by atoms with Gasteiger partial charge in [-0.15, -0.1) is 0 Å². The maximum Gasteiger partial charge on any atom is 0.123 e. The maximum atomic E-state index is 10.7. The normalized spacial score (nSPS) is 21.0. The van der Waals surface area contributed by atoms with Crippen LogP contribution in [0.1, 0.15) is 63.5 Å². The zero-order valence-electron chi connectivity index (χ0n) is 16.5. The van der Waals surface area contributed by atoms with Crippen LogP contribution in [0.2, 0.25) is 5.21 Å². The lowest BCUT2D eigenvalue weighted by molar-refractivity contribution is 0.406. The Labute approximate surface area is 154 Å². The number of hydrogen-bond donors (Lipinski definition) is 2. The number of hydrogen-bond acceptors (Lipinski definition) is 2. The van der Waals surface area contributed by atoms with Crippen molar-refractivity contribution in [1.82, 2.24) is 0 Å². The van der Waals surface area contributed by atoms with Crippen LogP contribution < -0.4 is 0 Å². The molecule has 0 spiro atoms. The smallest absolute Gasteiger partial charge is 0.123 e. The van der Waals surface area contributed by atoms with Crippen molar-refractivity contribution in [2.45, 2.75) is 64.0 Å². The molecule has 0 aliphatic heterocycles. The fourth-order valence-electron chi connectivity index (χ4n) is 4.35. The topological polar surface area (TPSA) is 40.5 Å². The average Bonchev–Trinajstić information content (AvgIpc) is 2.45. The Morgan fingerprint density at radius 1 is 1.28 bits per heavy atom. The third-order valence-corrected chi connectivity index (χ3v) is 5.52. The van der Waals surface area contributed by atoms with E-state index in [1.165, 1.54) is 5.57 Å². The van der Waals surface area contributed by atoms with E-state index in [9.17, 15) is 10.2 Å². The first-order chi connectivity index (χ1) is 11.6. The van der Waals surface area contributed by atoms with Gasteiger partial charge in [0.05, 0.1) is 15.7 Å². The molecule has 1 aromatic rings. The fraction of sp³-hybridized carbons (Fsp3) is 0.524. The van der Waals surface area contributed by atoms with Crippen LogP contribution in [-0.4, -0.2) is 25.9 Å². The number of aromatic hydroxyl groups is 2. The van der Waals surface area contributed by atoms with E-state index in [1.807, 2.05) is 19.1 Å². The van der Waals surface area contributed by atoms with Crippen LogP contribution in [0.4, 0.5) is 0 Å². The van der Waals surface area contributed by atoms with Crippen molar-refractivity contribution >= 4 is 15.7 Å². The fourth-order valence-corrected chi connectivity index (χ4v) is 4.35. The molecular weight excluding hydrogens is 306 g/mol. The van der Waals surface area contributed by atoms with Crippen molar-refractivity contribution in [3.63, 3.8) is 0 Å². The van der Waals surface area contributed by atoms with E-state index in [0.29, 0.717) is 5.56 Å². The Morgan fingerprint density at radius 2 is 1.88 bits per heavy atom. The summed E-state index contributed by atoms with van der Waals surface area (Å²) in [6, 6.07) is 3.69. The van der Waals surface area contributed by atoms with Gasteiger partial charge in [-0.1, -0.05) is 48.8 Å². The lowest BCUT2D eigenvalue weighted by Crippen LogP contribution is -2.18. The third-order valence-electron chi connectivity index (χ3n) is 5.52. The molecule has 4 heteroatoms. The zero-order chi connectivity index (χ0) is 18.8. The number of phenolic OH excluding ortho intramolecular Hbond substituents is 2. The molecule has 2 atom stereocenters. The molecule has 0 aromatic heterocycles. The van der Waals surface area contributed by atoms with Crippen LogP contribution in [0, 0.1) is 5.92 Å². The molecule has 134 valence electrons.